The number of aromatic hydroxyl groups is 3. The first-order valence-electron chi connectivity index (χ1n) is 8.32. The first-order valence-corrected chi connectivity index (χ1v) is 8.32. The molecule has 3 aromatic rings. The van der Waals surface area contributed by atoms with Crippen molar-refractivity contribution in [1.29, 1.82) is 0 Å². The van der Waals surface area contributed by atoms with Gasteiger partial charge in [-0.05, 0) is 53.1 Å². The molecule has 3 rings (SSSR count). The van der Waals surface area contributed by atoms with Crippen LogP contribution in [0.15, 0.2) is 54.6 Å². The van der Waals surface area contributed by atoms with Crippen LogP contribution in [-0.4, -0.2) is 34.2 Å². The van der Waals surface area contributed by atoms with Gasteiger partial charge >= 0.3 is 0 Å². The predicted molar refractivity (Wildman–Crippen MR) is 101 cm³/mol. The lowest BCUT2D eigenvalue weighted by Crippen LogP contribution is -2.06. The van der Waals surface area contributed by atoms with Crippen molar-refractivity contribution in [2.45, 2.75) is 5.92 Å². The highest BCUT2D eigenvalue weighted by Gasteiger charge is 2.20. The fourth-order valence-electron chi connectivity index (χ4n) is 3.12. The molecule has 0 atom stereocenters. The van der Waals surface area contributed by atoms with Crippen molar-refractivity contribution in [1.82, 2.24) is 0 Å². The summed E-state index contributed by atoms with van der Waals surface area (Å²) in [5, 5.41) is 29.4. The summed E-state index contributed by atoms with van der Waals surface area (Å²) in [4.78, 5) is 33.7. The van der Waals surface area contributed by atoms with Crippen molar-refractivity contribution in [3.8, 4) is 17.2 Å². The van der Waals surface area contributed by atoms with E-state index in [2.05, 4.69) is 0 Å². The molecular formula is C22H16O6. The highest BCUT2D eigenvalue weighted by atomic mass is 16.3. The Kier molecular flexibility index (Phi) is 5.22. The van der Waals surface area contributed by atoms with Gasteiger partial charge in [-0.2, -0.15) is 0 Å². The molecule has 0 amide bonds. The van der Waals surface area contributed by atoms with Crippen molar-refractivity contribution in [3.63, 3.8) is 0 Å². The third-order valence-corrected chi connectivity index (χ3v) is 4.54. The zero-order chi connectivity index (χ0) is 20.3. The summed E-state index contributed by atoms with van der Waals surface area (Å²) in [7, 11) is 0. The number of carbonyl (C=O) groups is 3. The van der Waals surface area contributed by atoms with E-state index in [1.807, 2.05) is 0 Å². The molecule has 0 aromatic heterocycles. The van der Waals surface area contributed by atoms with E-state index in [0.29, 0.717) is 35.5 Å². The Morgan fingerprint density at radius 2 is 0.821 bits per heavy atom. The van der Waals surface area contributed by atoms with E-state index in [1.54, 1.807) is 18.2 Å². The van der Waals surface area contributed by atoms with Crippen molar-refractivity contribution < 1.29 is 29.7 Å². The number of hydrogen-bond donors (Lipinski definition) is 3. The minimum atomic E-state index is -0.530. The van der Waals surface area contributed by atoms with E-state index in [-0.39, 0.29) is 33.9 Å². The molecule has 0 aliphatic rings. The van der Waals surface area contributed by atoms with Gasteiger partial charge in [0.25, 0.3) is 0 Å². The Morgan fingerprint density at radius 3 is 1.07 bits per heavy atom. The molecule has 0 unspecified atom stereocenters. The minimum absolute atomic E-state index is 0.0891. The summed E-state index contributed by atoms with van der Waals surface area (Å²) in [5.74, 6) is -1.04. The number of rotatable bonds is 6. The van der Waals surface area contributed by atoms with Gasteiger partial charge in [0.15, 0.2) is 18.9 Å². The third-order valence-electron chi connectivity index (χ3n) is 4.54. The van der Waals surface area contributed by atoms with E-state index in [0.717, 1.165) is 0 Å². The maximum atomic E-state index is 11.2. The molecule has 0 aliphatic heterocycles. The van der Waals surface area contributed by atoms with Crippen LogP contribution < -0.4 is 0 Å². The second kappa shape index (κ2) is 7.75. The first-order chi connectivity index (χ1) is 13.5. The summed E-state index contributed by atoms with van der Waals surface area (Å²) < 4.78 is 0. The van der Waals surface area contributed by atoms with Gasteiger partial charge in [0.2, 0.25) is 0 Å². The average molecular weight is 376 g/mol. The molecule has 6 nitrogen and oxygen atoms in total. The van der Waals surface area contributed by atoms with Crippen LogP contribution >= 0.6 is 0 Å². The number of aldehydes is 3. The second-order valence-corrected chi connectivity index (χ2v) is 6.24. The molecule has 0 saturated carbocycles. The zero-order valence-corrected chi connectivity index (χ0v) is 14.6. The third kappa shape index (κ3) is 3.48. The highest BCUT2D eigenvalue weighted by molar-refractivity contribution is 5.82. The molecule has 6 heteroatoms. The van der Waals surface area contributed by atoms with Crippen LogP contribution in [-0.2, 0) is 0 Å². The molecule has 0 spiro atoms. The Bertz CT molecular complexity index is 934. The lowest BCUT2D eigenvalue weighted by molar-refractivity contribution is 0.111. The molecule has 140 valence electrons. The monoisotopic (exact) mass is 376 g/mol. The Balaban J connectivity index is 2.26. The molecule has 0 saturated heterocycles. The summed E-state index contributed by atoms with van der Waals surface area (Å²) in [5.41, 5.74) is 2.11. The van der Waals surface area contributed by atoms with Crippen molar-refractivity contribution >= 4 is 18.9 Å². The Hall–Kier alpha value is -3.93. The maximum Gasteiger partial charge on any atom is 0.153 e. The fraction of sp³-hybridized carbons (Fsp3) is 0.0455. The van der Waals surface area contributed by atoms with Gasteiger partial charge in [0.1, 0.15) is 17.2 Å². The number of hydrogen-bond acceptors (Lipinski definition) is 6. The standard InChI is InChI=1S/C22H16O6/c23-10-16-7-13(1-4-19(16)26)22(14-2-5-20(27)17(8-14)11-24)15-3-6-21(28)18(9-15)12-25/h1-12,22,26-28H. The number of carbonyl (C=O) groups excluding carboxylic acids is 3. The molecule has 0 radical (unpaired) electrons. The second-order valence-electron chi connectivity index (χ2n) is 6.24. The highest BCUT2D eigenvalue weighted by Crippen LogP contribution is 2.36. The van der Waals surface area contributed by atoms with Gasteiger partial charge in [-0.3, -0.25) is 14.4 Å². The van der Waals surface area contributed by atoms with Crippen LogP contribution in [0.5, 0.6) is 17.2 Å². The van der Waals surface area contributed by atoms with Gasteiger partial charge in [0.05, 0.1) is 16.7 Å². The molecule has 0 bridgehead atoms. The molecule has 0 fully saturated rings. The number of phenols is 3. The van der Waals surface area contributed by atoms with E-state index in [4.69, 9.17) is 0 Å². The quantitative estimate of drug-likeness (QED) is 0.449. The topological polar surface area (TPSA) is 112 Å². The normalized spacial score (nSPS) is 10.6. The number of phenolic OH excluding ortho intramolecular Hbond substituents is 3. The number of benzene rings is 3. The van der Waals surface area contributed by atoms with Crippen molar-refractivity contribution in [2.24, 2.45) is 0 Å². The van der Waals surface area contributed by atoms with Crippen LogP contribution in [0.25, 0.3) is 0 Å². The van der Waals surface area contributed by atoms with Crippen molar-refractivity contribution in [3.05, 3.63) is 88.0 Å². The van der Waals surface area contributed by atoms with E-state index < -0.39 is 5.92 Å². The van der Waals surface area contributed by atoms with Crippen LogP contribution in [0.4, 0.5) is 0 Å². The molecule has 0 aliphatic carbocycles. The molecule has 28 heavy (non-hydrogen) atoms. The summed E-state index contributed by atoms with van der Waals surface area (Å²) in [6.07, 6.45) is 1.58. The lowest BCUT2D eigenvalue weighted by atomic mass is 9.83. The van der Waals surface area contributed by atoms with Gasteiger partial charge in [0, 0.05) is 5.92 Å². The smallest absolute Gasteiger partial charge is 0.153 e. The predicted octanol–water partition coefficient (Wildman–Crippen LogP) is 3.42. The summed E-state index contributed by atoms with van der Waals surface area (Å²) >= 11 is 0. The van der Waals surface area contributed by atoms with Crippen molar-refractivity contribution in [2.75, 3.05) is 0 Å². The molecule has 3 N–H and O–H groups in total. The summed E-state index contributed by atoms with van der Waals surface area (Å²) in [6, 6.07) is 13.5. The largest absolute Gasteiger partial charge is 0.507 e. The molecule has 0 heterocycles. The van der Waals surface area contributed by atoms with Crippen LogP contribution in [0.2, 0.25) is 0 Å². The van der Waals surface area contributed by atoms with E-state index in [9.17, 15) is 29.7 Å². The van der Waals surface area contributed by atoms with E-state index in [1.165, 1.54) is 36.4 Å². The fourth-order valence-corrected chi connectivity index (χ4v) is 3.12. The average Bonchev–Trinajstić information content (AvgIpc) is 2.71. The van der Waals surface area contributed by atoms with Gasteiger partial charge < -0.3 is 15.3 Å². The zero-order valence-electron chi connectivity index (χ0n) is 14.6. The van der Waals surface area contributed by atoms with Crippen LogP contribution in [0, 0.1) is 0 Å². The minimum Gasteiger partial charge on any atom is -0.507 e. The van der Waals surface area contributed by atoms with Gasteiger partial charge in [-0.25, -0.2) is 0 Å². The molecular weight excluding hydrogens is 360 g/mol. The van der Waals surface area contributed by atoms with E-state index >= 15 is 0 Å². The van der Waals surface area contributed by atoms with Crippen LogP contribution in [0.1, 0.15) is 53.7 Å². The van der Waals surface area contributed by atoms with Crippen LogP contribution in [0.3, 0.4) is 0 Å². The summed E-state index contributed by atoms with van der Waals surface area (Å²) in [6.45, 7) is 0. The Labute approximate surface area is 160 Å². The lowest BCUT2D eigenvalue weighted by Gasteiger charge is -2.21. The van der Waals surface area contributed by atoms with Gasteiger partial charge in [-0.15, -0.1) is 0 Å². The van der Waals surface area contributed by atoms with Gasteiger partial charge in [-0.1, -0.05) is 18.2 Å². The Morgan fingerprint density at radius 1 is 0.536 bits per heavy atom. The SMILES string of the molecule is O=Cc1cc(C(c2ccc(O)c(C=O)c2)c2ccc(O)c(C=O)c2)ccc1O. The molecule has 3 aromatic carbocycles. The first kappa shape index (κ1) is 18.8. The maximum absolute atomic E-state index is 11.2.